The maximum atomic E-state index is 12.3. The van der Waals surface area contributed by atoms with Gasteiger partial charge in [0, 0.05) is 43.3 Å². The number of rotatable bonds is 7. The van der Waals surface area contributed by atoms with Crippen LogP contribution in [-0.4, -0.2) is 32.9 Å². The summed E-state index contributed by atoms with van der Waals surface area (Å²) in [6.07, 6.45) is 0.169. The number of hydrogen-bond acceptors (Lipinski definition) is 4. The maximum Gasteiger partial charge on any atom is 0.224 e. The van der Waals surface area contributed by atoms with Crippen molar-refractivity contribution < 1.29 is 14.3 Å². The molecular weight excluding hydrogens is 340 g/mol. The lowest BCUT2D eigenvalue weighted by atomic mass is 10.1. The molecule has 0 aromatic heterocycles. The number of halogens is 1. The van der Waals surface area contributed by atoms with E-state index in [1.54, 1.807) is 18.2 Å². The van der Waals surface area contributed by atoms with Crippen molar-refractivity contribution >= 4 is 34.7 Å². The van der Waals surface area contributed by atoms with E-state index in [9.17, 15) is 9.59 Å². The van der Waals surface area contributed by atoms with Crippen molar-refractivity contribution in [3.63, 3.8) is 0 Å². The average Bonchev–Trinajstić information content (AvgIpc) is 2.60. The zero-order chi connectivity index (χ0) is 18.4. The molecule has 0 heterocycles. The van der Waals surface area contributed by atoms with Crippen molar-refractivity contribution in [2.45, 2.75) is 12.8 Å². The molecule has 0 aliphatic heterocycles. The SMILES string of the molecule is COc1ccc(Cl)cc1C(=O)CCC(=O)Nc1ccc(N(C)C)cc1. The van der Waals surface area contributed by atoms with Gasteiger partial charge in [0.05, 0.1) is 12.7 Å². The van der Waals surface area contributed by atoms with E-state index in [1.807, 2.05) is 43.3 Å². The number of amides is 1. The van der Waals surface area contributed by atoms with E-state index in [4.69, 9.17) is 16.3 Å². The maximum absolute atomic E-state index is 12.3. The fraction of sp³-hybridized carbons (Fsp3) is 0.263. The van der Waals surface area contributed by atoms with Crippen molar-refractivity contribution in [2.24, 2.45) is 0 Å². The minimum absolute atomic E-state index is 0.0817. The molecule has 2 rings (SSSR count). The lowest BCUT2D eigenvalue weighted by Gasteiger charge is -2.13. The number of methoxy groups -OCH3 is 1. The summed E-state index contributed by atoms with van der Waals surface area (Å²) in [5.41, 5.74) is 2.13. The number of anilines is 2. The van der Waals surface area contributed by atoms with Gasteiger partial charge in [-0.3, -0.25) is 9.59 Å². The predicted molar refractivity (Wildman–Crippen MR) is 101 cm³/mol. The number of ether oxygens (including phenoxy) is 1. The van der Waals surface area contributed by atoms with Crippen LogP contribution in [0.3, 0.4) is 0 Å². The number of hydrogen-bond donors (Lipinski definition) is 1. The Hall–Kier alpha value is -2.53. The van der Waals surface area contributed by atoms with Crippen LogP contribution in [0.4, 0.5) is 11.4 Å². The van der Waals surface area contributed by atoms with Crippen LogP contribution in [0.25, 0.3) is 0 Å². The highest BCUT2D eigenvalue weighted by atomic mass is 35.5. The number of carbonyl (C=O) groups is 2. The third kappa shape index (κ3) is 5.22. The Labute approximate surface area is 152 Å². The summed E-state index contributed by atoms with van der Waals surface area (Å²) < 4.78 is 5.17. The quantitative estimate of drug-likeness (QED) is 0.758. The molecule has 1 amide bonds. The van der Waals surface area contributed by atoms with Crippen LogP contribution in [0.5, 0.6) is 5.75 Å². The minimum atomic E-state index is -0.216. The van der Waals surface area contributed by atoms with E-state index in [1.165, 1.54) is 7.11 Å². The van der Waals surface area contributed by atoms with E-state index in [0.29, 0.717) is 22.0 Å². The van der Waals surface area contributed by atoms with Gasteiger partial charge < -0.3 is 15.0 Å². The van der Waals surface area contributed by atoms with Crippen molar-refractivity contribution in [1.29, 1.82) is 0 Å². The Morgan fingerprint density at radius 2 is 1.76 bits per heavy atom. The summed E-state index contributed by atoms with van der Waals surface area (Å²) in [6, 6.07) is 12.3. The Balaban J connectivity index is 1.93. The lowest BCUT2D eigenvalue weighted by Crippen LogP contribution is -2.14. The molecule has 0 saturated carbocycles. The van der Waals surface area contributed by atoms with E-state index in [2.05, 4.69) is 5.32 Å². The molecule has 0 unspecified atom stereocenters. The second-order valence-electron chi connectivity index (χ2n) is 5.76. The Bertz CT molecular complexity index is 758. The number of nitrogens with zero attached hydrogens (tertiary/aromatic N) is 1. The fourth-order valence-electron chi connectivity index (χ4n) is 2.33. The van der Waals surface area contributed by atoms with Crippen LogP contribution in [-0.2, 0) is 4.79 Å². The third-order valence-corrected chi connectivity index (χ3v) is 3.94. The second kappa shape index (κ2) is 8.53. The van der Waals surface area contributed by atoms with Gasteiger partial charge in [-0.25, -0.2) is 0 Å². The van der Waals surface area contributed by atoms with Gasteiger partial charge in [-0.1, -0.05) is 11.6 Å². The minimum Gasteiger partial charge on any atom is -0.496 e. The van der Waals surface area contributed by atoms with Crippen molar-refractivity contribution in [3.8, 4) is 5.75 Å². The van der Waals surface area contributed by atoms with Crippen LogP contribution in [0.15, 0.2) is 42.5 Å². The van der Waals surface area contributed by atoms with Gasteiger partial charge >= 0.3 is 0 Å². The number of Topliss-reactive ketones (excluding diaryl/α,β-unsaturated/α-hetero) is 1. The highest BCUT2D eigenvalue weighted by molar-refractivity contribution is 6.31. The molecule has 2 aromatic rings. The highest BCUT2D eigenvalue weighted by Gasteiger charge is 2.14. The third-order valence-electron chi connectivity index (χ3n) is 3.71. The molecule has 0 saturated heterocycles. The predicted octanol–water partition coefficient (Wildman–Crippen LogP) is 4.02. The molecular formula is C19H21ClN2O3. The van der Waals surface area contributed by atoms with Crippen molar-refractivity contribution in [3.05, 3.63) is 53.1 Å². The standard InChI is InChI=1S/C19H21ClN2O3/c1-22(2)15-7-5-14(6-8-15)21-19(24)11-9-17(23)16-12-13(20)4-10-18(16)25-3/h4-8,10,12H,9,11H2,1-3H3,(H,21,24). The summed E-state index contributed by atoms with van der Waals surface area (Å²) in [5, 5.41) is 3.24. The van der Waals surface area contributed by atoms with Gasteiger partial charge in [0.15, 0.2) is 5.78 Å². The van der Waals surface area contributed by atoms with Gasteiger partial charge in [0.25, 0.3) is 0 Å². The van der Waals surface area contributed by atoms with Crippen molar-refractivity contribution in [2.75, 3.05) is 31.4 Å². The van der Waals surface area contributed by atoms with Crippen LogP contribution in [0.1, 0.15) is 23.2 Å². The van der Waals surface area contributed by atoms with E-state index in [-0.39, 0.29) is 24.5 Å². The largest absolute Gasteiger partial charge is 0.496 e. The molecule has 0 fully saturated rings. The molecule has 0 bridgehead atoms. The molecule has 1 N–H and O–H groups in total. The number of ketones is 1. The second-order valence-corrected chi connectivity index (χ2v) is 6.19. The Kier molecular flexibility index (Phi) is 6.42. The monoisotopic (exact) mass is 360 g/mol. The van der Waals surface area contributed by atoms with Gasteiger partial charge in [-0.15, -0.1) is 0 Å². The first-order chi connectivity index (χ1) is 11.9. The molecule has 0 spiro atoms. The van der Waals surface area contributed by atoms with E-state index in [0.717, 1.165) is 5.69 Å². The molecule has 6 heteroatoms. The topological polar surface area (TPSA) is 58.6 Å². The first kappa shape index (κ1) is 18.8. The van der Waals surface area contributed by atoms with Crippen LogP contribution >= 0.6 is 11.6 Å². The molecule has 0 aliphatic rings. The first-order valence-corrected chi connectivity index (χ1v) is 8.22. The molecule has 25 heavy (non-hydrogen) atoms. The Morgan fingerprint density at radius 1 is 1.08 bits per heavy atom. The summed E-state index contributed by atoms with van der Waals surface area (Å²) in [5.74, 6) is 0.0542. The molecule has 0 radical (unpaired) electrons. The molecule has 2 aromatic carbocycles. The first-order valence-electron chi connectivity index (χ1n) is 7.84. The zero-order valence-corrected chi connectivity index (χ0v) is 15.3. The van der Waals surface area contributed by atoms with Crippen LogP contribution in [0, 0.1) is 0 Å². The lowest BCUT2D eigenvalue weighted by molar-refractivity contribution is -0.116. The van der Waals surface area contributed by atoms with Gasteiger partial charge in [0.1, 0.15) is 5.75 Å². The van der Waals surface area contributed by atoms with Gasteiger partial charge in [0.2, 0.25) is 5.91 Å². The van der Waals surface area contributed by atoms with Crippen LogP contribution in [0.2, 0.25) is 5.02 Å². The zero-order valence-electron chi connectivity index (χ0n) is 14.5. The van der Waals surface area contributed by atoms with Gasteiger partial charge in [-0.2, -0.15) is 0 Å². The normalized spacial score (nSPS) is 10.2. The molecule has 5 nitrogen and oxygen atoms in total. The number of carbonyl (C=O) groups excluding carboxylic acids is 2. The highest BCUT2D eigenvalue weighted by Crippen LogP contribution is 2.24. The fourth-order valence-corrected chi connectivity index (χ4v) is 2.50. The number of benzene rings is 2. The van der Waals surface area contributed by atoms with Gasteiger partial charge in [-0.05, 0) is 42.5 Å². The van der Waals surface area contributed by atoms with E-state index < -0.39 is 0 Å². The van der Waals surface area contributed by atoms with Crippen LogP contribution < -0.4 is 15.0 Å². The smallest absolute Gasteiger partial charge is 0.224 e. The summed E-state index contributed by atoms with van der Waals surface area (Å²) in [6.45, 7) is 0. The summed E-state index contributed by atoms with van der Waals surface area (Å²) in [7, 11) is 5.39. The summed E-state index contributed by atoms with van der Waals surface area (Å²) in [4.78, 5) is 26.4. The average molecular weight is 361 g/mol. The molecule has 0 aliphatic carbocycles. The summed E-state index contributed by atoms with van der Waals surface area (Å²) >= 11 is 5.93. The number of nitrogens with one attached hydrogen (secondary N) is 1. The Morgan fingerprint density at radius 3 is 2.36 bits per heavy atom. The van der Waals surface area contributed by atoms with E-state index >= 15 is 0 Å². The molecule has 0 atom stereocenters. The molecule has 132 valence electrons. The van der Waals surface area contributed by atoms with Crippen molar-refractivity contribution in [1.82, 2.24) is 0 Å².